The summed E-state index contributed by atoms with van der Waals surface area (Å²) in [6.45, 7) is 1.86. The quantitative estimate of drug-likeness (QED) is 0.463. The van der Waals surface area contributed by atoms with Gasteiger partial charge in [-0.2, -0.15) is 0 Å². The molecule has 0 aromatic heterocycles. The van der Waals surface area contributed by atoms with Crippen molar-refractivity contribution in [1.29, 1.82) is 0 Å². The summed E-state index contributed by atoms with van der Waals surface area (Å²) in [6.07, 6.45) is 3.64. The standard InChI is InChI=1S/C13H10O2S2/c1-2-4-7-5-3-6-8-9(7)12(15)10(11(8)14)13(16)17/h2-6,16-17H,1H3/b4-2-. The van der Waals surface area contributed by atoms with E-state index in [-0.39, 0.29) is 21.4 Å². The number of thiol groups is 2. The molecule has 0 unspecified atom stereocenters. The molecule has 1 aliphatic rings. The van der Waals surface area contributed by atoms with E-state index in [1.54, 1.807) is 12.1 Å². The van der Waals surface area contributed by atoms with Crippen LogP contribution in [0.15, 0.2) is 34.1 Å². The fourth-order valence-electron chi connectivity index (χ4n) is 1.90. The van der Waals surface area contributed by atoms with Crippen molar-refractivity contribution < 1.29 is 9.59 Å². The monoisotopic (exact) mass is 262 g/mol. The molecule has 86 valence electrons. The Morgan fingerprint density at radius 3 is 2.47 bits per heavy atom. The van der Waals surface area contributed by atoms with Crippen LogP contribution in [0.4, 0.5) is 0 Å². The van der Waals surface area contributed by atoms with Crippen molar-refractivity contribution in [3.63, 3.8) is 0 Å². The lowest BCUT2D eigenvalue weighted by Gasteiger charge is -2.00. The molecule has 1 aromatic rings. The number of hydrogen-bond donors (Lipinski definition) is 2. The lowest BCUT2D eigenvalue weighted by Crippen LogP contribution is -2.01. The van der Waals surface area contributed by atoms with E-state index < -0.39 is 0 Å². The Kier molecular flexibility index (Phi) is 3.26. The van der Waals surface area contributed by atoms with Crippen LogP contribution < -0.4 is 0 Å². The van der Waals surface area contributed by atoms with Crippen LogP contribution in [0.3, 0.4) is 0 Å². The SMILES string of the molecule is C/C=C\c1cccc2c1C(=O)C(=C(S)S)C2=O. The van der Waals surface area contributed by atoms with Crippen molar-refractivity contribution >= 4 is 42.9 Å². The second-order valence-electron chi connectivity index (χ2n) is 3.63. The van der Waals surface area contributed by atoms with Crippen LogP contribution in [0, 0.1) is 0 Å². The van der Waals surface area contributed by atoms with Crippen molar-refractivity contribution in [2.45, 2.75) is 6.92 Å². The van der Waals surface area contributed by atoms with Crippen molar-refractivity contribution in [1.82, 2.24) is 0 Å². The first kappa shape index (κ1) is 12.2. The summed E-state index contributed by atoms with van der Waals surface area (Å²) in [6, 6.07) is 5.22. The molecule has 2 rings (SSSR count). The maximum absolute atomic E-state index is 12.1. The first-order valence-electron chi connectivity index (χ1n) is 5.05. The van der Waals surface area contributed by atoms with Crippen molar-refractivity contribution in [2.75, 3.05) is 0 Å². The van der Waals surface area contributed by atoms with Crippen molar-refractivity contribution in [2.24, 2.45) is 0 Å². The Bertz CT molecular complexity index is 579. The van der Waals surface area contributed by atoms with E-state index >= 15 is 0 Å². The van der Waals surface area contributed by atoms with E-state index in [1.807, 2.05) is 25.1 Å². The summed E-state index contributed by atoms with van der Waals surface area (Å²) in [5.41, 5.74) is 1.69. The van der Waals surface area contributed by atoms with Gasteiger partial charge in [0.2, 0.25) is 0 Å². The van der Waals surface area contributed by atoms with Gasteiger partial charge in [-0.15, -0.1) is 25.3 Å². The Hall–Kier alpha value is -1.26. The maximum Gasteiger partial charge on any atom is 0.199 e. The van der Waals surface area contributed by atoms with Crippen molar-refractivity contribution in [3.05, 3.63) is 50.8 Å². The molecule has 0 atom stereocenters. The van der Waals surface area contributed by atoms with Crippen LogP contribution in [0.5, 0.6) is 0 Å². The maximum atomic E-state index is 12.1. The molecule has 0 radical (unpaired) electrons. The molecule has 0 saturated carbocycles. The number of rotatable bonds is 1. The predicted octanol–water partition coefficient (Wildman–Crippen LogP) is 3.17. The summed E-state index contributed by atoms with van der Waals surface area (Å²) in [5, 5.41) is 0. The predicted molar refractivity (Wildman–Crippen MR) is 74.8 cm³/mol. The lowest BCUT2D eigenvalue weighted by molar-refractivity contribution is 0.0989. The van der Waals surface area contributed by atoms with Gasteiger partial charge in [0.1, 0.15) is 0 Å². The fourth-order valence-corrected chi connectivity index (χ4v) is 2.30. The molecule has 17 heavy (non-hydrogen) atoms. The van der Waals surface area contributed by atoms with Crippen LogP contribution in [-0.4, -0.2) is 11.6 Å². The number of carbonyl (C=O) groups is 2. The van der Waals surface area contributed by atoms with Gasteiger partial charge in [0.05, 0.1) is 5.57 Å². The summed E-state index contributed by atoms with van der Waals surface area (Å²) >= 11 is 7.97. The highest BCUT2D eigenvalue weighted by Crippen LogP contribution is 2.33. The van der Waals surface area contributed by atoms with E-state index in [9.17, 15) is 9.59 Å². The molecular formula is C13H10O2S2. The first-order chi connectivity index (χ1) is 8.07. The Morgan fingerprint density at radius 1 is 1.18 bits per heavy atom. The molecule has 0 spiro atoms. The Labute approximate surface area is 110 Å². The number of fused-ring (bicyclic) bond motifs is 1. The topological polar surface area (TPSA) is 34.1 Å². The molecule has 1 aromatic carbocycles. The number of allylic oxidation sites excluding steroid dienone is 2. The van der Waals surface area contributed by atoms with Gasteiger partial charge in [0.25, 0.3) is 0 Å². The third kappa shape index (κ3) is 1.87. The molecule has 0 heterocycles. The van der Waals surface area contributed by atoms with Gasteiger partial charge in [-0.05, 0) is 12.5 Å². The molecule has 1 aliphatic carbocycles. The Morgan fingerprint density at radius 2 is 1.88 bits per heavy atom. The van der Waals surface area contributed by atoms with Gasteiger partial charge in [0, 0.05) is 15.4 Å². The molecule has 0 amide bonds. The molecular weight excluding hydrogens is 252 g/mol. The van der Waals surface area contributed by atoms with Gasteiger partial charge in [-0.1, -0.05) is 30.4 Å². The molecule has 0 aliphatic heterocycles. The zero-order valence-corrected chi connectivity index (χ0v) is 10.9. The average Bonchev–Trinajstić information content (AvgIpc) is 2.53. The second-order valence-corrected chi connectivity index (χ2v) is 4.87. The summed E-state index contributed by atoms with van der Waals surface area (Å²) in [5.74, 6) is -0.588. The van der Waals surface area contributed by atoms with Gasteiger partial charge in [0.15, 0.2) is 11.6 Å². The largest absolute Gasteiger partial charge is 0.288 e. The van der Waals surface area contributed by atoms with Crippen LogP contribution in [0.25, 0.3) is 6.08 Å². The lowest BCUT2D eigenvalue weighted by atomic mass is 10.0. The highest BCUT2D eigenvalue weighted by molar-refractivity contribution is 8.05. The highest BCUT2D eigenvalue weighted by Gasteiger charge is 2.35. The molecule has 2 nitrogen and oxygen atoms in total. The summed E-state index contributed by atoms with van der Waals surface area (Å²) < 4.78 is 0.169. The highest BCUT2D eigenvalue weighted by atomic mass is 32.2. The fraction of sp³-hybridized carbons (Fsp3) is 0.0769. The van der Waals surface area contributed by atoms with E-state index in [1.165, 1.54) is 0 Å². The average molecular weight is 262 g/mol. The van der Waals surface area contributed by atoms with Crippen LogP contribution in [-0.2, 0) is 0 Å². The minimum atomic E-state index is -0.295. The Balaban J connectivity index is 2.75. The summed E-state index contributed by atoms with van der Waals surface area (Å²) in [4.78, 5) is 24.1. The second kappa shape index (κ2) is 4.55. The zero-order chi connectivity index (χ0) is 12.6. The first-order valence-corrected chi connectivity index (χ1v) is 5.94. The smallest absolute Gasteiger partial charge is 0.199 e. The zero-order valence-electron chi connectivity index (χ0n) is 9.10. The molecule has 0 N–H and O–H groups in total. The molecule has 4 heteroatoms. The molecule has 0 fully saturated rings. The number of ketones is 2. The molecule has 0 bridgehead atoms. The summed E-state index contributed by atoms with van der Waals surface area (Å²) in [7, 11) is 0. The minimum absolute atomic E-state index is 0.0589. The number of hydrogen-bond acceptors (Lipinski definition) is 4. The van der Waals surface area contributed by atoms with E-state index in [2.05, 4.69) is 25.3 Å². The third-order valence-corrected chi connectivity index (χ3v) is 3.04. The van der Waals surface area contributed by atoms with Crippen molar-refractivity contribution in [3.8, 4) is 0 Å². The van der Waals surface area contributed by atoms with Gasteiger partial charge < -0.3 is 0 Å². The normalized spacial score (nSPS) is 14.6. The third-order valence-electron chi connectivity index (χ3n) is 2.59. The van der Waals surface area contributed by atoms with Gasteiger partial charge >= 0.3 is 0 Å². The van der Waals surface area contributed by atoms with Gasteiger partial charge in [-0.3, -0.25) is 9.59 Å². The number of benzene rings is 1. The number of Topliss-reactive ketones (excluding diaryl/α,β-unsaturated/α-hetero) is 2. The van der Waals surface area contributed by atoms with Crippen LogP contribution >= 0.6 is 25.3 Å². The van der Waals surface area contributed by atoms with E-state index in [4.69, 9.17) is 0 Å². The van der Waals surface area contributed by atoms with E-state index in [0.717, 1.165) is 5.56 Å². The van der Waals surface area contributed by atoms with Gasteiger partial charge in [-0.25, -0.2) is 0 Å². The van der Waals surface area contributed by atoms with Crippen LogP contribution in [0.1, 0.15) is 33.2 Å². The van der Waals surface area contributed by atoms with Crippen LogP contribution in [0.2, 0.25) is 0 Å². The minimum Gasteiger partial charge on any atom is -0.288 e. The number of carbonyl (C=O) groups excluding carboxylic acids is 2. The van der Waals surface area contributed by atoms with E-state index in [0.29, 0.717) is 11.1 Å². The molecule has 0 saturated heterocycles.